The summed E-state index contributed by atoms with van der Waals surface area (Å²) in [6.45, 7) is 7.01. The Morgan fingerprint density at radius 1 is 1.43 bits per heavy atom. The second-order valence-electron chi connectivity index (χ2n) is 4.78. The molecular formula is C16H17ClN2O2. The van der Waals surface area contributed by atoms with E-state index in [2.05, 4.69) is 16.9 Å². The molecule has 0 radical (unpaired) electrons. The van der Waals surface area contributed by atoms with Crippen LogP contribution in [-0.4, -0.2) is 30.6 Å². The van der Waals surface area contributed by atoms with Crippen molar-refractivity contribution in [1.82, 2.24) is 10.3 Å². The minimum Gasteiger partial charge on any atom is -0.375 e. The topological polar surface area (TPSA) is 51.2 Å². The maximum absolute atomic E-state index is 12.2. The summed E-state index contributed by atoms with van der Waals surface area (Å²) in [7, 11) is 0. The van der Waals surface area contributed by atoms with E-state index in [4.69, 9.17) is 16.3 Å². The van der Waals surface area contributed by atoms with Crippen LogP contribution in [0.25, 0.3) is 10.9 Å². The van der Waals surface area contributed by atoms with Crippen molar-refractivity contribution in [2.24, 2.45) is 0 Å². The van der Waals surface area contributed by atoms with Crippen molar-refractivity contribution in [3.05, 3.63) is 53.2 Å². The van der Waals surface area contributed by atoms with Crippen LogP contribution in [-0.2, 0) is 4.74 Å². The molecule has 0 fully saturated rings. The number of halogens is 1. The molecule has 4 nitrogen and oxygen atoms in total. The van der Waals surface area contributed by atoms with Gasteiger partial charge in [-0.25, -0.2) is 4.98 Å². The number of hydrogen-bond acceptors (Lipinski definition) is 3. The molecule has 21 heavy (non-hydrogen) atoms. The van der Waals surface area contributed by atoms with E-state index in [0.29, 0.717) is 36.0 Å². The number of ether oxygens (including phenoxy) is 1. The quantitative estimate of drug-likeness (QED) is 0.506. The van der Waals surface area contributed by atoms with Gasteiger partial charge in [0.2, 0.25) is 0 Å². The van der Waals surface area contributed by atoms with Crippen LogP contribution >= 0.6 is 11.6 Å². The molecule has 2 rings (SSSR count). The predicted octanol–water partition coefficient (Wildman–Crippen LogP) is 3.21. The number of pyridine rings is 1. The fourth-order valence-electron chi connectivity index (χ4n) is 1.91. The van der Waals surface area contributed by atoms with Crippen LogP contribution in [0.2, 0.25) is 5.15 Å². The van der Waals surface area contributed by atoms with Gasteiger partial charge in [-0.1, -0.05) is 42.0 Å². The van der Waals surface area contributed by atoms with Gasteiger partial charge in [-0.05, 0) is 19.1 Å². The molecular weight excluding hydrogens is 288 g/mol. The summed E-state index contributed by atoms with van der Waals surface area (Å²) in [6.07, 6.45) is 0. The normalized spacial score (nSPS) is 10.6. The molecule has 5 heteroatoms. The number of amides is 1. The van der Waals surface area contributed by atoms with E-state index in [1.807, 2.05) is 31.2 Å². The average Bonchev–Trinajstić information content (AvgIpc) is 2.45. The van der Waals surface area contributed by atoms with Gasteiger partial charge >= 0.3 is 0 Å². The Bertz CT molecular complexity index is 670. The van der Waals surface area contributed by atoms with Gasteiger partial charge in [-0.2, -0.15) is 0 Å². The Kier molecular flexibility index (Phi) is 5.31. The van der Waals surface area contributed by atoms with Crippen LogP contribution < -0.4 is 5.32 Å². The summed E-state index contributed by atoms with van der Waals surface area (Å²) in [5.41, 5.74) is 2.17. The third-order valence-electron chi connectivity index (χ3n) is 2.81. The number of nitrogens with zero attached hydrogens (tertiary/aromatic N) is 1. The fourth-order valence-corrected chi connectivity index (χ4v) is 2.11. The Morgan fingerprint density at radius 2 is 2.19 bits per heavy atom. The lowest BCUT2D eigenvalue weighted by Gasteiger charge is -2.09. The first-order chi connectivity index (χ1) is 10.1. The molecule has 0 unspecified atom stereocenters. The van der Waals surface area contributed by atoms with Crippen molar-refractivity contribution in [3.8, 4) is 0 Å². The first-order valence-corrected chi connectivity index (χ1v) is 7.01. The molecule has 0 spiro atoms. The Morgan fingerprint density at radius 3 is 2.95 bits per heavy atom. The highest BCUT2D eigenvalue weighted by Crippen LogP contribution is 2.20. The van der Waals surface area contributed by atoms with E-state index in [0.717, 1.165) is 11.0 Å². The van der Waals surface area contributed by atoms with Crippen LogP contribution in [0, 0.1) is 0 Å². The van der Waals surface area contributed by atoms with Crippen molar-refractivity contribution in [1.29, 1.82) is 0 Å². The van der Waals surface area contributed by atoms with E-state index < -0.39 is 0 Å². The van der Waals surface area contributed by atoms with Crippen LogP contribution in [0.5, 0.6) is 0 Å². The van der Waals surface area contributed by atoms with E-state index in [-0.39, 0.29) is 5.91 Å². The molecule has 110 valence electrons. The maximum Gasteiger partial charge on any atom is 0.252 e. The van der Waals surface area contributed by atoms with Crippen LogP contribution in [0.1, 0.15) is 17.3 Å². The highest BCUT2D eigenvalue weighted by atomic mass is 35.5. The third-order valence-corrected chi connectivity index (χ3v) is 3.00. The van der Waals surface area contributed by atoms with Gasteiger partial charge in [0.25, 0.3) is 5.91 Å². The second kappa shape index (κ2) is 7.20. The van der Waals surface area contributed by atoms with E-state index in [1.165, 1.54) is 0 Å². The van der Waals surface area contributed by atoms with Gasteiger partial charge in [-0.15, -0.1) is 0 Å². The SMILES string of the molecule is C=C(C)COCCNC(=O)c1cc(Cl)nc2ccccc12. The molecule has 0 saturated carbocycles. The molecule has 1 N–H and O–H groups in total. The zero-order valence-corrected chi connectivity index (χ0v) is 12.6. The molecule has 1 amide bonds. The molecule has 1 heterocycles. The Hall–Kier alpha value is -1.91. The first kappa shape index (κ1) is 15.5. The lowest BCUT2D eigenvalue weighted by Crippen LogP contribution is -2.27. The molecule has 2 aromatic rings. The number of para-hydroxylation sites is 1. The number of carbonyl (C=O) groups is 1. The molecule has 0 aliphatic rings. The second-order valence-corrected chi connectivity index (χ2v) is 5.16. The average molecular weight is 305 g/mol. The standard InChI is InChI=1S/C16H17ClN2O2/c1-11(2)10-21-8-7-18-16(20)13-9-15(17)19-14-6-4-3-5-12(13)14/h3-6,9H,1,7-8,10H2,2H3,(H,18,20). The van der Waals surface area contributed by atoms with Gasteiger partial charge in [0.05, 0.1) is 24.3 Å². The number of benzene rings is 1. The summed E-state index contributed by atoms with van der Waals surface area (Å²) in [5, 5.41) is 3.90. The Balaban J connectivity index is 2.04. The zero-order valence-electron chi connectivity index (χ0n) is 11.9. The van der Waals surface area contributed by atoms with Gasteiger partial charge in [0.1, 0.15) is 5.15 Å². The fraction of sp³-hybridized carbons (Fsp3) is 0.250. The summed E-state index contributed by atoms with van der Waals surface area (Å²) in [6, 6.07) is 8.98. The highest BCUT2D eigenvalue weighted by molar-refractivity contribution is 6.30. The van der Waals surface area contributed by atoms with Gasteiger partial charge in [0.15, 0.2) is 0 Å². The van der Waals surface area contributed by atoms with Crippen molar-refractivity contribution in [2.45, 2.75) is 6.92 Å². The molecule has 0 aliphatic carbocycles. The molecule has 0 atom stereocenters. The van der Waals surface area contributed by atoms with Crippen LogP contribution in [0.3, 0.4) is 0 Å². The number of hydrogen-bond donors (Lipinski definition) is 1. The molecule has 0 bridgehead atoms. The Labute approximate surface area is 128 Å². The van der Waals surface area contributed by atoms with Crippen molar-refractivity contribution >= 4 is 28.4 Å². The van der Waals surface area contributed by atoms with Crippen LogP contribution in [0.4, 0.5) is 0 Å². The molecule has 0 saturated heterocycles. The van der Waals surface area contributed by atoms with Crippen molar-refractivity contribution in [3.63, 3.8) is 0 Å². The number of nitrogens with one attached hydrogen (secondary N) is 1. The number of rotatable bonds is 6. The summed E-state index contributed by atoms with van der Waals surface area (Å²) in [4.78, 5) is 16.4. The predicted molar refractivity (Wildman–Crippen MR) is 84.7 cm³/mol. The third kappa shape index (κ3) is 4.28. The molecule has 1 aromatic carbocycles. The smallest absolute Gasteiger partial charge is 0.252 e. The van der Waals surface area contributed by atoms with Crippen molar-refractivity contribution < 1.29 is 9.53 Å². The summed E-state index contributed by atoms with van der Waals surface area (Å²) in [5.74, 6) is -0.186. The minimum absolute atomic E-state index is 0.186. The largest absolute Gasteiger partial charge is 0.375 e. The number of aromatic nitrogens is 1. The van der Waals surface area contributed by atoms with Crippen LogP contribution in [0.15, 0.2) is 42.5 Å². The van der Waals surface area contributed by atoms with Gasteiger partial charge < -0.3 is 10.1 Å². The van der Waals surface area contributed by atoms with E-state index >= 15 is 0 Å². The number of fused-ring (bicyclic) bond motifs is 1. The molecule has 1 aromatic heterocycles. The van der Waals surface area contributed by atoms with E-state index in [1.54, 1.807) is 6.07 Å². The highest BCUT2D eigenvalue weighted by Gasteiger charge is 2.11. The van der Waals surface area contributed by atoms with E-state index in [9.17, 15) is 4.79 Å². The van der Waals surface area contributed by atoms with Crippen molar-refractivity contribution in [2.75, 3.05) is 19.8 Å². The minimum atomic E-state index is -0.186. The summed E-state index contributed by atoms with van der Waals surface area (Å²) < 4.78 is 5.34. The zero-order chi connectivity index (χ0) is 15.2. The molecule has 0 aliphatic heterocycles. The lowest BCUT2D eigenvalue weighted by atomic mass is 10.1. The monoisotopic (exact) mass is 304 g/mol. The lowest BCUT2D eigenvalue weighted by molar-refractivity contribution is 0.0928. The van der Waals surface area contributed by atoms with Gasteiger partial charge in [-0.3, -0.25) is 4.79 Å². The summed E-state index contributed by atoms with van der Waals surface area (Å²) >= 11 is 5.96. The van der Waals surface area contributed by atoms with Gasteiger partial charge in [0, 0.05) is 11.9 Å². The number of carbonyl (C=O) groups excluding carboxylic acids is 1. The maximum atomic E-state index is 12.2. The first-order valence-electron chi connectivity index (χ1n) is 6.63.